The summed E-state index contributed by atoms with van der Waals surface area (Å²) in [5.74, 6) is -2.65. The summed E-state index contributed by atoms with van der Waals surface area (Å²) < 4.78 is 28.4. The van der Waals surface area contributed by atoms with Crippen molar-refractivity contribution in [2.75, 3.05) is 31.5 Å². The van der Waals surface area contributed by atoms with E-state index in [-0.39, 0.29) is 34.0 Å². The largest absolute Gasteiger partial charge is 0.358 e. The van der Waals surface area contributed by atoms with E-state index in [4.69, 9.17) is 11.6 Å². The Labute approximate surface area is 259 Å². The molecule has 230 valence electrons. The first-order valence-electron chi connectivity index (χ1n) is 14.9. The Hall–Kier alpha value is -4.02. The number of fused-ring (bicyclic) bond motifs is 1. The van der Waals surface area contributed by atoms with Crippen LogP contribution < -0.4 is 10.6 Å². The van der Waals surface area contributed by atoms with E-state index in [1.807, 2.05) is 18.7 Å². The topological polar surface area (TPSA) is 97.5 Å². The van der Waals surface area contributed by atoms with Crippen LogP contribution in [0.4, 0.5) is 14.5 Å². The monoisotopic (exact) mass is 621 g/mol. The second-order valence-electron chi connectivity index (χ2n) is 11.7. The molecule has 0 aliphatic carbocycles. The number of rotatable bonds is 7. The van der Waals surface area contributed by atoms with Crippen LogP contribution >= 0.6 is 11.6 Å². The summed E-state index contributed by atoms with van der Waals surface area (Å²) in [5.41, 5.74) is 3.99. The molecule has 3 amide bonds. The van der Waals surface area contributed by atoms with E-state index in [1.165, 1.54) is 18.9 Å². The summed E-state index contributed by atoms with van der Waals surface area (Å²) in [5, 5.41) is 5.10. The lowest BCUT2D eigenvalue weighted by Gasteiger charge is -2.28. The molecule has 2 aromatic carbocycles. The molecule has 6 rings (SSSR count). The van der Waals surface area contributed by atoms with Gasteiger partial charge < -0.3 is 25.4 Å². The molecule has 11 heteroatoms. The minimum atomic E-state index is -0.928. The number of aryl methyl sites for hydroxylation is 1. The number of carbonyl (C=O) groups is 3. The molecule has 4 heterocycles. The van der Waals surface area contributed by atoms with Crippen molar-refractivity contribution in [2.45, 2.75) is 52.1 Å². The zero-order valence-corrected chi connectivity index (χ0v) is 25.4. The first kappa shape index (κ1) is 30.0. The van der Waals surface area contributed by atoms with Gasteiger partial charge in [-0.15, -0.1) is 0 Å². The minimum Gasteiger partial charge on any atom is -0.358 e. The van der Waals surface area contributed by atoms with Crippen LogP contribution in [-0.2, 0) is 11.3 Å². The second-order valence-corrected chi connectivity index (χ2v) is 12.2. The van der Waals surface area contributed by atoms with E-state index < -0.39 is 24.1 Å². The lowest BCUT2D eigenvalue weighted by atomic mass is 10.0. The van der Waals surface area contributed by atoms with E-state index in [9.17, 15) is 23.2 Å². The van der Waals surface area contributed by atoms with Crippen LogP contribution in [0.1, 0.15) is 74.5 Å². The highest BCUT2D eigenvalue weighted by Crippen LogP contribution is 2.35. The van der Waals surface area contributed by atoms with Gasteiger partial charge in [-0.1, -0.05) is 11.6 Å². The summed E-state index contributed by atoms with van der Waals surface area (Å²) in [6.07, 6.45) is 6.10. The van der Waals surface area contributed by atoms with Crippen molar-refractivity contribution < 1.29 is 23.2 Å². The predicted octanol–water partition coefficient (Wildman–Crippen LogP) is 5.69. The van der Waals surface area contributed by atoms with Crippen LogP contribution in [0.2, 0.25) is 5.02 Å². The normalized spacial score (nSPS) is 19.1. The third kappa shape index (κ3) is 5.64. The number of nitrogens with one attached hydrogen (secondary N) is 3. The van der Waals surface area contributed by atoms with Crippen molar-refractivity contribution in [3.63, 3.8) is 0 Å². The smallest absolute Gasteiger partial charge is 0.256 e. The maximum atomic E-state index is 14.3. The Balaban J connectivity index is 1.23. The molecule has 1 aromatic heterocycles. The number of amides is 3. The molecular formula is C33H34ClF2N5O3. The van der Waals surface area contributed by atoms with E-state index in [0.29, 0.717) is 28.1 Å². The Morgan fingerprint density at radius 2 is 1.86 bits per heavy atom. The quantitative estimate of drug-likeness (QED) is 0.233. The third-order valence-electron chi connectivity index (χ3n) is 8.91. The fourth-order valence-electron chi connectivity index (χ4n) is 6.56. The maximum Gasteiger partial charge on any atom is 0.256 e. The van der Waals surface area contributed by atoms with Crippen molar-refractivity contribution >= 4 is 46.7 Å². The van der Waals surface area contributed by atoms with Crippen molar-refractivity contribution in [1.82, 2.24) is 20.1 Å². The molecule has 8 nitrogen and oxygen atoms in total. The Kier molecular flexibility index (Phi) is 8.30. The number of anilines is 1. The number of aromatic amines is 1. The van der Waals surface area contributed by atoms with Gasteiger partial charge in [-0.2, -0.15) is 0 Å². The highest BCUT2D eigenvalue weighted by Gasteiger charge is 2.34. The number of benzene rings is 2. The molecule has 3 N–H and O–H groups in total. The standard InChI is InChI=1S/C33H34ClF2N5O3/c1-18-28(38-19(2)29(18)33(44)41-13-5-6-21(41)17-40-11-3-4-12-40)15-23-22-14-20(7-10-27(22)39-32(23)43)31(42)37-16-24-26(35)9-8-25(34)30(24)36/h7-10,14-15,21,38H,3-6,11-13,16-17H2,1-2H3,(H,37,42)(H,39,43)/t21-/m1/s1. The van der Waals surface area contributed by atoms with E-state index in [1.54, 1.807) is 18.2 Å². The van der Waals surface area contributed by atoms with Gasteiger partial charge in [0.1, 0.15) is 11.6 Å². The van der Waals surface area contributed by atoms with Crippen LogP contribution in [0, 0.1) is 25.5 Å². The van der Waals surface area contributed by atoms with Gasteiger partial charge in [0.25, 0.3) is 17.7 Å². The number of hydrogen-bond donors (Lipinski definition) is 3. The molecule has 44 heavy (non-hydrogen) atoms. The van der Waals surface area contributed by atoms with Gasteiger partial charge in [0, 0.05) is 59.4 Å². The molecular weight excluding hydrogens is 588 g/mol. The summed E-state index contributed by atoms with van der Waals surface area (Å²) >= 11 is 5.76. The highest BCUT2D eigenvalue weighted by atomic mass is 35.5. The van der Waals surface area contributed by atoms with Crippen molar-refractivity contribution in [1.29, 1.82) is 0 Å². The molecule has 2 saturated heterocycles. The number of aromatic nitrogens is 1. The molecule has 0 spiro atoms. The van der Waals surface area contributed by atoms with Gasteiger partial charge in [0.15, 0.2) is 0 Å². The van der Waals surface area contributed by atoms with Crippen LogP contribution in [0.25, 0.3) is 11.6 Å². The lowest BCUT2D eigenvalue weighted by molar-refractivity contribution is -0.110. The number of H-pyrrole nitrogens is 1. The lowest BCUT2D eigenvalue weighted by Crippen LogP contribution is -2.42. The Morgan fingerprint density at radius 3 is 2.64 bits per heavy atom. The average Bonchev–Trinajstić information content (AvgIpc) is 3.79. The fraction of sp³-hybridized carbons (Fsp3) is 0.364. The highest BCUT2D eigenvalue weighted by molar-refractivity contribution is 6.35. The maximum absolute atomic E-state index is 14.3. The zero-order chi connectivity index (χ0) is 31.1. The number of likely N-dealkylation sites (tertiary alicyclic amines) is 2. The van der Waals surface area contributed by atoms with Gasteiger partial charge in [-0.05, 0) is 94.6 Å². The first-order valence-corrected chi connectivity index (χ1v) is 15.3. The minimum absolute atomic E-state index is 0.00500. The zero-order valence-electron chi connectivity index (χ0n) is 24.7. The molecule has 1 atom stereocenters. The van der Waals surface area contributed by atoms with Crippen molar-refractivity contribution in [3.05, 3.63) is 86.2 Å². The van der Waals surface area contributed by atoms with Gasteiger partial charge in [0.05, 0.1) is 16.2 Å². The molecule has 2 fully saturated rings. The third-order valence-corrected chi connectivity index (χ3v) is 9.21. The van der Waals surface area contributed by atoms with Crippen molar-refractivity contribution in [3.8, 4) is 0 Å². The van der Waals surface area contributed by atoms with Crippen LogP contribution in [0.3, 0.4) is 0 Å². The van der Waals surface area contributed by atoms with Gasteiger partial charge >= 0.3 is 0 Å². The number of carbonyl (C=O) groups excluding carboxylic acids is 3. The Bertz CT molecular complexity index is 1690. The SMILES string of the molecule is Cc1[nH]c(C=C2C(=O)Nc3ccc(C(=O)NCc4c(F)ccc(Cl)c4F)cc32)c(C)c1C(=O)N1CCC[C@@H]1CN1CCCC1. The van der Waals surface area contributed by atoms with E-state index >= 15 is 0 Å². The molecule has 0 radical (unpaired) electrons. The molecule has 3 aliphatic rings. The fourth-order valence-corrected chi connectivity index (χ4v) is 6.73. The number of nitrogens with zero attached hydrogens (tertiary/aromatic N) is 2. The molecule has 0 bridgehead atoms. The summed E-state index contributed by atoms with van der Waals surface area (Å²) in [6.45, 7) is 7.15. The summed E-state index contributed by atoms with van der Waals surface area (Å²) in [6, 6.07) is 7.04. The first-order chi connectivity index (χ1) is 21.1. The summed E-state index contributed by atoms with van der Waals surface area (Å²) in [4.78, 5) is 47.5. The molecule has 3 aromatic rings. The Morgan fingerprint density at radius 1 is 1.09 bits per heavy atom. The van der Waals surface area contributed by atoms with E-state index in [0.717, 1.165) is 62.4 Å². The average molecular weight is 622 g/mol. The van der Waals surface area contributed by atoms with E-state index in [2.05, 4.69) is 20.5 Å². The van der Waals surface area contributed by atoms with Crippen LogP contribution in [-0.4, -0.2) is 64.7 Å². The molecule has 0 unspecified atom stereocenters. The number of halogens is 3. The van der Waals surface area contributed by atoms with Crippen LogP contribution in [0.15, 0.2) is 30.3 Å². The van der Waals surface area contributed by atoms with Crippen LogP contribution in [0.5, 0.6) is 0 Å². The van der Waals surface area contributed by atoms with Gasteiger partial charge in [-0.3, -0.25) is 14.4 Å². The predicted molar refractivity (Wildman–Crippen MR) is 165 cm³/mol. The molecule has 3 aliphatic heterocycles. The van der Waals surface area contributed by atoms with Gasteiger partial charge in [0.2, 0.25) is 0 Å². The van der Waals surface area contributed by atoms with Gasteiger partial charge in [-0.25, -0.2) is 8.78 Å². The second kappa shape index (κ2) is 12.2. The summed E-state index contributed by atoms with van der Waals surface area (Å²) in [7, 11) is 0. The number of hydrogen-bond acceptors (Lipinski definition) is 4. The van der Waals surface area contributed by atoms with Crippen molar-refractivity contribution in [2.24, 2.45) is 0 Å². The molecule has 0 saturated carbocycles.